The SMILES string of the molecule is NNC1=Nc2ccc(Cl)cc2C(c2ccc[nH]2)=NC1. The van der Waals surface area contributed by atoms with Crippen LogP contribution in [0.3, 0.4) is 0 Å². The zero-order valence-electron chi connectivity index (χ0n) is 10.0. The molecule has 0 aliphatic carbocycles. The Labute approximate surface area is 115 Å². The number of H-pyrrole nitrogens is 1. The van der Waals surface area contributed by atoms with E-state index in [1.165, 1.54) is 0 Å². The van der Waals surface area contributed by atoms with Crippen molar-refractivity contribution in [1.29, 1.82) is 0 Å². The monoisotopic (exact) mass is 273 g/mol. The lowest BCUT2D eigenvalue weighted by Crippen LogP contribution is -2.32. The molecular weight excluding hydrogens is 262 g/mol. The summed E-state index contributed by atoms with van der Waals surface area (Å²) in [6.07, 6.45) is 1.86. The van der Waals surface area contributed by atoms with Crippen LogP contribution in [0.25, 0.3) is 0 Å². The van der Waals surface area contributed by atoms with E-state index in [1.807, 2.05) is 30.5 Å². The minimum Gasteiger partial charge on any atom is -0.360 e. The molecule has 0 radical (unpaired) electrons. The fourth-order valence-corrected chi connectivity index (χ4v) is 2.17. The van der Waals surface area contributed by atoms with Gasteiger partial charge in [0, 0.05) is 16.8 Å². The summed E-state index contributed by atoms with van der Waals surface area (Å²) in [6.45, 7) is 0.400. The Bertz CT molecular complexity index is 658. The van der Waals surface area contributed by atoms with Gasteiger partial charge in [0.25, 0.3) is 0 Å². The molecule has 0 saturated heterocycles. The summed E-state index contributed by atoms with van der Waals surface area (Å²) in [5.41, 5.74) is 6.01. The molecule has 0 unspecified atom stereocenters. The summed E-state index contributed by atoms with van der Waals surface area (Å²) >= 11 is 6.07. The van der Waals surface area contributed by atoms with Gasteiger partial charge in [-0.25, -0.2) is 10.8 Å². The molecule has 0 saturated carbocycles. The van der Waals surface area contributed by atoms with Crippen LogP contribution in [0.4, 0.5) is 5.69 Å². The molecule has 96 valence electrons. The summed E-state index contributed by atoms with van der Waals surface area (Å²) in [5, 5.41) is 0.650. The Hall–Kier alpha value is -2.11. The maximum atomic E-state index is 6.07. The molecule has 0 atom stereocenters. The molecule has 1 aromatic heterocycles. The van der Waals surface area contributed by atoms with Gasteiger partial charge >= 0.3 is 0 Å². The first-order chi connectivity index (χ1) is 9.28. The Kier molecular flexibility index (Phi) is 3.06. The number of hydrogen-bond acceptors (Lipinski definition) is 4. The van der Waals surface area contributed by atoms with Gasteiger partial charge in [-0.05, 0) is 30.3 Å². The number of aromatic amines is 1. The highest BCUT2D eigenvalue weighted by Gasteiger charge is 2.16. The second kappa shape index (κ2) is 4.87. The highest BCUT2D eigenvalue weighted by molar-refractivity contribution is 6.31. The number of amidine groups is 1. The van der Waals surface area contributed by atoms with Crippen LogP contribution in [0.15, 0.2) is 46.5 Å². The molecular formula is C13H12ClN5. The molecule has 2 heterocycles. The zero-order valence-corrected chi connectivity index (χ0v) is 10.8. The number of aromatic nitrogens is 1. The quantitative estimate of drug-likeness (QED) is 0.549. The molecule has 2 aromatic rings. The number of fused-ring (bicyclic) bond motifs is 1. The number of nitrogens with two attached hydrogens (primary N) is 1. The van der Waals surface area contributed by atoms with Gasteiger partial charge in [-0.3, -0.25) is 4.99 Å². The molecule has 0 spiro atoms. The van der Waals surface area contributed by atoms with Gasteiger partial charge in [0.15, 0.2) is 0 Å². The number of halogens is 1. The normalized spacial score (nSPS) is 14.2. The number of aliphatic imine (C=N–C) groups is 2. The largest absolute Gasteiger partial charge is 0.360 e. The lowest BCUT2D eigenvalue weighted by molar-refractivity contribution is 0.992. The van der Waals surface area contributed by atoms with E-state index in [9.17, 15) is 0 Å². The van der Waals surface area contributed by atoms with E-state index in [0.717, 1.165) is 22.7 Å². The smallest absolute Gasteiger partial charge is 0.138 e. The molecule has 1 aromatic carbocycles. The van der Waals surface area contributed by atoms with Gasteiger partial charge in [-0.2, -0.15) is 0 Å². The maximum Gasteiger partial charge on any atom is 0.138 e. The second-order valence-electron chi connectivity index (χ2n) is 4.11. The molecule has 1 aliphatic heterocycles. The summed E-state index contributed by atoms with van der Waals surface area (Å²) in [5.74, 6) is 6.06. The van der Waals surface area contributed by atoms with E-state index in [1.54, 1.807) is 6.07 Å². The predicted octanol–water partition coefficient (Wildman–Crippen LogP) is 2.01. The Balaban J connectivity index is 2.19. The van der Waals surface area contributed by atoms with Crippen molar-refractivity contribution in [3.63, 3.8) is 0 Å². The van der Waals surface area contributed by atoms with E-state index < -0.39 is 0 Å². The molecule has 1 aliphatic rings. The summed E-state index contributed by atoms with van der Waals surface area (Å²) < 4.78 is 0. The number of hydrogen-bond donors (Lipinski definition) is 3. The number of rotatable bonds is 1. The maximum absolute atomic E-state index is 6.07. The van der Waals surface area contributed by atoms with Crippen molar-refractivity contribution in [1.82, 2.24) is 10.4 Å². The molecule has 6 heteroatoms. The Morgan fingerprint density at radius 1 is 1.32 bits per heavy atom. The van der Waals surface area contributed by atoms with E-state index in [2.05, 4.69) is 20.4 Å². The first-order valence-electron chi connectivity index (χ1n) is 5.80. The fraction of sp³-hybridized carbons (Fsp3) is 0.0769. The third kappa shape index (κ3) is 2.25. The Morgan fingerprint density at radius 2 is 2.21 bits per heavy atom. The van der Waals surface area contributed by atoms with Gasteiger partial charge in [-0.1, -0.05) is 11.6 Å². The van der Waals surface area contributed by atoms with E-state index in [-0.39, 0.29) is 0 Å². The molecule has 0 amide bonds. The highest BCUT2D eigenvalue weighted by atomic mass is 35.5. The molecule has 19 heavy (non-hydrogen) atoms. The van der Waals surface area contributed by atoms with Crippen LogP contribution in [0.1, 0.15) is 11.3 Å². The van der Waals surface area contributed by atoms with E-state index >= 15 is 0 Å². The van der Waals surface area contributed by atoms with Gasteiger partial charge in [0.05, 0.1) is 23.6 Å². The minimum absolute atomic E-state index is 0.400. The summed E-state index contributed by atoms with van der Waals surface area (Å²) in [4.78, 5) is 12.2. The van der Waals surface area contributed by atoms with Crippen LogP contribution in [-0.4, -0.2) is 23.1 Å². The lowest BCUT2D eigenvalue weighted by Gasteiger charge is -2.06. The van der Waals surface area contributed by atoms with Crippen LogP contribution >= 0.6 is 11.6 Å². The summed E-state index contributed by atoms with van der Waals surface area (Å²) in [7, 11) is 0. The average Bonchev–Trinajstić information content (AvgIpc) is 2.87. The van der Waals surface area contributed by atoms with E-state index in [0.29, 0.717) is 17.4 Å². The minimum atomic E-state index is 0.400. The topological polar surface area (TPSA) is 78.6 Å². The number of nitrogens with one attached hydrogen (secondary N) is 2. The molecule has 0 fully saturated rings. The number of benzene rings is 1. The number of hydrazine groups is 1. The van der Waals surface area contributed by atoms with Crippen molar-refractivity contribution in [3.05, 3.63) is 52.8 Å². The first-order valence-corrected chi connectivity index (χ1v) is 6.18. The molecule has 0 bridgehead atoms. The van der Waals surface area contributed by atoms with Gasteiger partial charge in [-0.15, -0.1) is 0 Å². The van der Waals surface area contributed by atoms with Crippen LogP contribution < -0.4 is 11.3 Å². The fourth-order valence-electron chi connectivity index (χ4n) is 2.00. The first kappa shape index (κ1) is 12.0. The van der Waals surface area contributed by atoms with Gasteiger partial charge in [0.1, 0.15) is 5.84 Å². The highest BCUT2D eigenvalue weighted by Crippen LogP contribution is 2.27. The van der Waals surface area contributed by atoms with Crippen molar-refractivity contribution in [2.24, 2.45) is 15.8 Å². The van der Waals surface area contributed by atoms with Crippen molar-refractivity contribution in [2.45, 2.75) is 0 Å². The van der Waals surface area contributed by atoms with Crippen LogP contribution in [0, 0.1) is 0 Å². The standard InChI is InChI=1S/C13H12ClN5/c14-8-3-4-10-9(6-8)13(11-2-1-5-16-11)17-7-12(18-10)19-15/h1-6,16H,7,15H2,(H,18,19). The van der Waals surface area contributed by atoms with Crippen molar-refractivity contribution in [2.75, 3.05) is 6.54 Å². The predicted molar refractivity (Wildman–Crippen MR) is 77.2 cm³/mol. The van der Waals surface area contributed by atoms with Crippen LogP contribution in [0.2, 0.25) is 5.02 Å². The zero-order chi connectivity index (χ0) is 13.2. The van der Waals surface area contributed by atoms with Gasteiger partial charge < -0.3 is 10.4 Å². The third-order valence-corrected chi connectivity index (χ3v) is 3.11. The lowest BCUT2D eigenvalue weighted by atomic mass is 10.1. The molecule has 5 nitrogen and oxygen atoms in total. The third-order valence-electron chi connectivity index (χ3n) is 2.88. The van der Waals surface area contributed by atoms with Gasteiger partial charge in [0.2, 0.25) is 0 Å². The van der Waals surface area contributed by atoms with Crippen molar-refractivity contribution in [3.8, 4) is 0 Å². The summed E-state index contributed by atoms with van der Waals surface area (Å²) in [6, 6.07) is 9.41. The van der Waals surface area contributed by atoms with Crippen molar-refractivity contribution < 1.29 is 0 Å². The Morgan fingerprint density at radius 3 is 2.95 bits per heavy atom. The molecule has 4 N–H and O–H groups in total. The molecule has 3 rings (SSSR count). The average molecular weight is 274 g/mol. The number of nitrogens with zero attached hydrogens (tertiary/aromatic N) is 2. The van der Waals surface area contributed by atoms with Crippen LogP contribution in [0.5, 0.6) is 0 Å². The van der Waals surface area contributed by atoms with Crippen LogP contribution in [-0.2, 0) is 0 Å². The van der Waals surface area contributed by atoms with Crippen molar-refractivity contribution >= 4 is 28.8 Å². The second-order valence-corrected chi connectivity index (χ2v) is 4.55. The van der Waals surface area contributed by atoms with E-state index in [4.69, 9.17) is 17.4 Å².